The molecule has 0 heterocycles. The van der Waals surface area contributed by atoms with E-state index in [-0.39, 0.29) is 12.2 Å². The van der Waals surface area contributed by atoms with Crippen molar-refractivity contribution in [1.29, 1.82) is 0 Å². The Labute approximate surface area is 109 Å². The van der Waals surface area contributed by atoms with Crippen LogP contribution in [0.3, 0.4) is 0 Å². The molecule has 0 amide bonds. The minimum absolute atomic E-state index is 0.108. The van der Waals surface area contributed by atoms with Gasteiger partial charge in [-0.3, -0.25) is 9.35 Å². The van der Waals surface area contributed by atoms with E-state index >= 15 is 0 Å². The molecule has 5 nitrogen and oxygen atoms in total. The lowest BCUT2D eigenvalue weighted by Gasteiger charge is -2.01. The van der Waals surface area contributed by atoms with Crippen molar-refractivity contribution in [2.24, 2.45) is 0 Å². The van der Waals surface area contributed by atoms with Crippen molar-refractivity contribution in [3.05, 3.63) is 0 Å². The molecule has 1 N–H and O–H groups in total. The van der Waals surface area contributed by atoms with Gasteiger partial charge in [-0.15, -0.1) is 0 Å². The predicted octanol–water partition coefficient (Wildman–Crippen LogP) is 2.50. The molecule has 0 aliphatic heterocycles. The molecule has 106 valence electrons. The summed E-state index contributed by atoms with van der Waals surface area (Å²) in [5.74, 6) is 0.221. The Hall–Kier alpha value is -0.750. The van der Waals surface area contributed by atoms with E-state index < -0.39 is 15.2 Å². The number of rotatable bonds is 10. The number of hydrogen-bond acceptors (Lipinski definition) is 4. The van der Waals surface area contributed by atoms with Gasteiger partial charge in [0.15, 0.2) is 0 Å². The molecule has 0 aromatic carbocycles. The third-order valence-corrected chi connectivity index (χ3v) is 3.48. The molecule has 0 radical (unpaired) electrons. The number of hydrogen-bond donors (Lipinski definition) is 1. The normalized spacial score (nSPS) is 11.4. The van der Waals surface area contributed by atoms with Gasteiger partial charge in [-0.1, -0.05) is 32.1 Å². The number of Topliss-reactive ketones (excluding diaryl/α,β-unsaturated/α-hetero) is 1. The Kier molecular flexibility index (Phi) is 8.83. The first-order valence-electron chi connectivity index (χ1n) is 6.34. The summed E-state index contributed by atoms with van der Waals surface area (Å²) in [4.78, 5) is 21.5. The van der Waals surface area contributed by atoms with Gasteiger partial charge in [0.25, 0.3) is 5.12 Å². The molecule has 0 bridgehead atoms. The molecule has 0 unspecified atom stereocenters. The Morgan fingerprint density at radius 3 is 1.61 bits per heavy atom. The lowest BCUT2D eigenvalue weighted by molar-refractivity contribution is -0.117. The number of carbonyl (C=O) groups excluding carboxylic acids is 2. The zero-order valence-corrected chi connectivity index (χ0v) is 11.7. The van der Waals surface area contributed by atoms with Gasteiger partial charge in [-0.2, -0.15) is 8.42 Å². The Bertz CT molecular complexity index is 359. The summed E-state index contributed by atoms with van der Waals surface area (Å²) in [7, 11) is -4.49. The fraction of sp³-hybridized carbons (Fsp3) is 0.833. The lowest BCUT2D eigenvalue weighted by atomic mass is 10.1. The fourth-order valence-electron chi connectivity index (χ4n) is 1.66. The molecule has 0 rings (SSSR count). The zero-order chi connectivity index (χ0) is 14.0. The first-order chi connectivity index (χ1) is 8.34. The second-order valence-electron chi connectivity index (χ2n) is 4.52. The highest BCUT2D eigenvalue weighted by Crippen LogP contribution is 2.10. The standard InChI is InChI=1S/C12H22O5S/c1-11(13)9-7-5-3-2-4-6-8-10-12(14)18(15,16)17/h2-10H2,1H3,(H,15,16,17). The number of carbonyl (C=O) groups is 2. The van der Waals surface area contributed by atoms with Gasteiger partial charge in [-0.25, -0.2) is 0 Å². The van der Waals surface area contributed by atoms with E-state index in [2.05, 4.69) is 0 Å². The van der Waals surface area contributed by atoms with Crippen molar-refractivity contribution in [3.8, 4) is 0 Å². The van der Waals surface area contributed by atoms with Gasteiger partial charge in [0.05, 0.1) is 0 Å². The van der Waals surface area contributed by atoms with Gasteiger partial charge >= 0.3 is 10.1 Å². The zero-order valence-electron chi connectivity index (χ0n) is 10.9. The van der Waals surface area contributed by atoms with Crippen LogP contribution in [0.1, 0.15) is 64.7 Å². The van der Waals surface area contributed by atoms with Crippen molar-refractivity contribution >= 4 is 21.0 Å². The molecule has 0 aromatic rings. The van der Waals surface area contributed by atoms with E-state index in [0.29, 0.717) is 12.8 Å². The second-order valence-corrected chi connectivity index (χ2v) is 5.93. The molecular formula is C12H22O5S. The average molecular weight is 278 g/mol. The first-order valence-corrected chi connectivity index (χ1v) is 7.78. The van der Waals surface area contributed by atoms with Crippen LogP contribution in [0.2, 0.25) is 0 Å². The lowest BCUT2D eigenvalue weighted by Crippen LogP contribution is -2.12. The molecule has 0 aliphatic carbocycles. The van der Waals surface area contributed by atoms with E-state index in [4.69, 9.17) is 4.55 Å². The topological polar surface area (TPSA) is 88.5 Å². The fourth-order valence-corrected chi connectivity index (χ4v) is 2.06. The van der Waals surface area contributed by atoms with Crippen molar-refractivity contribution in [3.63, 3.8) is 0 Å². The van der Waals surface area contributed by atoms with Gasteiger partial charge < -0.3 is 4.79 Å². The SMILES string of the molecule is CC(=O)CCCCCCCCCC(=O)S(=O)(=O)O. The van der Waals surface area contributed by atoms with Crippen LogP contribution in [0.4, 0.5) is 0 Å². The smallest absolute Gasteiger partial charge is 0.300 e. The van der Waals surface area contributed by atoms with E-state index in [0.717, 1.165) is 38.5 Å². The third-order valence-electron chi connectivity index (χ3n) is 2.70. The highest BCUT2D eigenvalue weighted by atomic mass is 32.2. The Morgan fingerprint density at radius 2 is 1.22 bits per heavy atom. The summed E-state index contributed by atoms with van der Waals surface area (Å²) in [5, 5.41) is -1.09. The summed E-state index contributed by atoms with van der Waals surface area (Å²) < 4.78 is 29.2. The number of ketones is 1. The molecule has 18 heavy (non-hydrogen) atoms. The number of unbranched alkanes of at least 4 members (excludes halogenated alkanes) is 6. The monoisotopic (exact) mass is 278 g/mol. The van der Waals surface area contributed by atoms with Crippen LogP contribution in [0, 0.1) is 0 Å². The van der Waals surface area contributed by atoms with Crippen LogP contribution in [0.15, 0.2) is 0 Å². The van der Waals surface area contributed by atoms with E-state index in [1.54, 1.807) is 6.92 Å². The van der Waals surface area contributed by atoms with Crippen molar-refractivity contribution < 1.29 is 22.6 Å². The summed E-state index contributed by atoms with van der Waals surface area (Å²) in [6.07, 6.45) is 6.79. The van der Waals surface area contributed by atoms with Crippen molar-refractivity contribution in [2.75, 3.05) is 0 Å². The molecule has 0 saturated heterocycles. The van der Waals surface area contributed by atoms with Crippen LogP contribution >= 0.6 is 0 Å². The maximum absolute atomic E-state index is 10.8. The van der Waals surface area contributed by atoms with Crippen molar-refractivity contribution in [1.82, 2.24) is 0 Å². The summed E-state index contributed by atoms with van der Waals surface area (Å²) in [6.45, 7) is 1.59. The molecule has 0 aromatic heterocycles. The Balaban J connectivity index is 3.32. The van der Waals surface area contributed by atoms with Gasteiger partial charge in [-0.05, 0) is 19.8 Å². The van der Waals surface area contributed by atoms with Crippen LogP contribution in [0.25, 0.3) is 0 Å². The van der Waals surface area contributed by atoms with E-state index in [1.165, 1.54) is 0 Å². The molecule has 0 fully saturated rings. The molecule has 0 atom stereocenters. The van der Waals surface area contributed by atoms with Crippen LogP contribution in [-0.2, 0) is 19.7 Å². The highest BCUT2D eigenvalue weighted by Gasteiger charge is 2.16. The molecular weight excluding hydrogens is 256 g/mol. The summed E-state index contributed by atoms with van der Waals surface area (Å²) >= 11 is 0. The minimum atomic E-state index is -4.49. The quantitative estimate of drug-likeness (QED) is 0.490. The summed E-state index contributed by atoms with van der Waals surface area (Å²) in [5.41, 5.74) is 0. The predicted molar refractivity (Wildman–Crippen MR) is 68.8 cm³/mol. The average Bonchev–Trinajstić information content (AvgIpc) is 2.24. The van der Waals surface area contributed by atoms with Crippen LogP contribution in [-0.4, -0.2) is 23.9 Å². The largest absolute Gasteiger partial charge is 0.328 e. The van der Waals surface area contributed by atoms with E-state index in [9.17, 15) is 18.0 Å². The van der Waals surface area contributed by atoms with Gasteiger partial charge in [0.1, 0.15) is 5.78 Å². The molecule has 0 aliphatic rings. The maximum Gasteiger partial charge on any atom is 0.328 e. The second kappa shape index (κ2) is 9.22. The third kappa shape index (κ3) is 10.4. The molecule has 0 saturated carbocycles. The Morgan fingerprint density at radius 1 is 0.833 bits per heavy atom. The van der Waals surface area contributed by atoms with Gasteiger partial charge in [0, 0.05) is 12.8 Å². The van der Waals surface area contributed by atoms with Crippen LogP contribution < -0.4 is 0 Å². The summed E-state index contributed by atoms with van der Waals surface area (Å²) in [6, 6.07) is 0. The highest BCUT2D eigenvalue weighted by molar-refractivity contribution is 8.01. The van der Waals surface area contributed by atoms with Crippen molar-refractivity contribution in [2.45, 2.75) is 64.7 Å². The minimum Gasteiger partial charge on any atom is -0.300 e. The van der Waals surface area contributed by atoms with Gasteiger partial charge in [0.2, 0.25) is 0 Å². The first kappa shape index (κ1) is 17.2. The van der Waals surface area contributed by atoms with E-state index in [1.807, 2.05) is 0 Å². The molecule has 0 spiro atoms. The maximum atomic E-state index is 10.8. The molecule has 6 heteroatoms. The van der Waals surface area contributed by atoms with Crippen LogP contribution in [0.5, 0.6) is 0 Å².